The van der Waals surface area contributed by atoms with Crippen molar-refractivity contribution in [1.82, 2.24) is 5.32 Å². The van der Waals surface area contributed by atoms with E-state index in [0.717, 1.165) is 22.6 Å². The normalized spacial score (nSPS) is 16.5. The van der Waals surface area contributed by atoms with Crippen LogP contribution in [0.5, 0.6) is 11.5 Å². The molecule has 120 valence electrons. The predicted octanol–water partition coefficient (Wildman–Crippen LogP) is 3.26. The van der Waals surface area contributed by atoms with Gasteiger partial charge in [-0.1, -0.05) is 12.1 Å². The third-order valence-electron chi connectivity index (χ3n) is 3.57. The number of rotatable bonds is 4. The number of hydrogen-bond donors (Lipinski definition) is 2. The minimum atomic E-state index is -0.309. The van der Waals surface area contributed by atoms with Crippen LogP contribution in [0, 0.1) is 5.82 Å². The molecule has 23 heavy (non-hydrogen) atoms. The van der Waals surface area contributed by atoms with Crippen LogP contribution in [0.4, 0.5) is 4.39 Å². The van der Waals surface area contributed by atoms with Gasteiger partial charge in [-0.05, 0) is 42.3 Å². The number of nitrogens with one attached hydrogen (secondary N) is 1. The molecule has 4 nitrogen and oxygen atoms in total. The summed E-state index contributed by atoms with van der Waals surface area (Å²) in [7, 11) is 0. The lowest BCUT2D eigenvalue weighted by atomic mass is 10.0. The molecular formula is C17H16FNO3S. The van der Waals surface area contributed by atoms with Crippen molar-refractivity contribution < 1.29 is 19.0 Å². The van der Waals surface area contributed by atoms with Crippen molar-refractivity contribution in [2.75, 3.05) is 12.4 Å². The predicted molar refractivity (Wildman–Crippen MR) is 86.2 cm³/mol. The topological polar surface area (TPSA) is 58.6 Å². The van der Waals surface area contributed by atoms with Crippen LogP contribution < -0.4 is 10.1 Å². The van der Waals surface area contributed by atoms with Crippen molar-refractivity contribution in [3.63, 3.8) is 0 Å². The molecule has 1 atom stereocenters. The maximum Gasteiger partial charge on any atom is 0.258 e. The van der Waals surface area contributed by atoms with Crippen molar-refractivity contribution in [3.8, 4) is 11.5 Å². The number of carbonyl (C=O) groups is 1. The molecule has 1 unspecified atom stereocenters. The second-order valence-corrected chi connectivity index (χ2v) is 6.33. The van der Waals surface area contributed by atoms with E-state index < -0.39 is 0 Å². The van der Waals surface area contributed by atoms with Crippen LogP contribution in [0.3, 0.4) is 0 Å². The molecule has 0 spiro atoms. The number of para-hydroxylation sites is 2. The fourth-order valence-electron chi connectivity index (χ4n) is 2.47. The summed E-state index contributed by atoms with van der Waals surface area (Å²) in [4.78, 5) is 13.1. The standard InChI is InChI=1S/C17H16FNO3S/c18-11-5-6-16-12(9-11)13(7-8-23-16)19-17(21)10-22-15-4-2-1-3-14(15)20/h1-6,9,13,20H,7-8,10H2,(H,19,21). The SMILES string of the molecule is O=C(COc1ccccc1O)NC1CCSc2ccc(F)cc21. The van der Waals surface area contributed by atoms with Crippen LogP contribution in [-0.2, 0) is 4.79 Å². The molecule has 1 amide bonds. The molecule has 1 aliphatic heterocycles. The van der Waals surface area contributed by atoms with Crippen molar-refractivity contribution in [3.05, 3.63) is 53.8 Å². The van der Waals surface area contributed by atoms with Gasteiger partial charge in [-0.25, -0.2) is 4.39 Å². The molecule has 6 heteroatoms. The maximum absolute atomic E-state index is 13.4. The summed E-state index contributed by atoms with van der Waals surface area (Å²) in [6.45, 7) is -0.203. The molecule has 0 saturated heterocycles. The third kappa shape index (κ3) is 3.76. The van der Waals surface area contributed by atoms with Gasteiger partial charge in [0.15, 0.2) is 18.1 Å². The first kappa shape index (κ1) is 15.7. The first-order chi connectivity index (χ1) is 11.1. The van der Waals surface area contributed by atoms with Gasteiger partial charge in [0.25, 0.3) is 5.91 Å². The Labute approximate surface area is 137 Å². The summed E-state index contributed by atoms with van der Waals surface area (Å²) in [5.74, 6) is 0.496. The maximum atomic E-state index is 13.4. The van der Waals surface area contributed by atoms with Gasteiger partial charge in [-0.3, -0.25) is 4.79 Å². The second kappa shape index (κ2) is 6.91. The van der Waals surface area contributed by atoms with E-state index in [4.69, 9.17) is 4.74 Å². The number of carbonyl (C=O) groups excluding carboxylic acids is 1. The number of benzene rings is 2. The summed E-state index contributed by atoms with van der Waals surface area (Å²) >= 11 is 1.66. The van der Waals surface area contributed by atoms with E-state index in [0.29, 0.717) is 0 Å². The van der Waals surface area contributed by atoms with Gasteiger partial charge in [0, 0.05) is 10.6 Å². The van der Waals surface area contributed by atoms with Crippen LogP contribution in [0.1, 0.15) is 18.0 Å². The average molecular weight is 333 g/mol. The second-order valence-electron chi connectivity index (χ2n) is 5.20. The highest BCUT2D eigenvalue weighted by atomic mass is 32.2. The number of phenols is 1. The Balaban J connectivity index is 1.63. The minimum Gasteiger partial charge on any atom is -0.504 e. The Morgan fingerprint density at radius 3 is 3.00 bits per heavy atom. The number of fused-ring (bicyclic) bond motifs is 1. The smallest absolute Gasteiger partial charge is 0.258 e. The minimum absolute atomic E-state index is 0.0122. The molecule has 0 radical (unpaired) electrons. The molecule has 0 fully saturated rings. The summed E-state index contributed by atoms with van der Waals surface area (Å²) < 4.78 is 18.8. The van der Waals surface area contributed by atoms with Gasteiger partial charge in [0.1, 0.15) is 5.82 Å². The first-order valence-corrected chi connectivity index (χ1v) is 8.24. The van der Waals surface area contributed by atoms with Gasteiger partial charge >= 0.3 is 0 Å². The third-order valence-corrected chi connectivity index (χ3v) is 4.69. The number of amides is 1. The number of thioether (sulfide) groups is 1. The van der Waals surface area contributed by atoms with Gasteiger partial charge in [0.05, 0.1) is 6.04 Å². The van der Waals surface area contributed by atoms with E-state index in [1.54, 1.807) is 36.0 Å². The number of ether oxygens (including phenoxy) is 1. The van der Waals surface area contributed by atoms with E-state index in [2.05, 4.69) is 5.32 Å². The number of aromatic hydroxyl groups is 1. The van der Waals surface area contributed by atoms with Crippen LogP contribution in [-0.4, -0.2) is 23.4 Å². The fraction of sp³-hybridized carbons (Fsp3) is 0.235. The van der Waals surface area contributed by atoms with Crippen molar-refractivity contribution in [2.24, 2.45) is 0 Å². The van der Waals surface area contributed by atoms with Gasteiger partial charge in [-0.15, -0.1) is 11.8 Å². The molecule has 1 aliphatic rings. The zero-order chi connectivity index (χ0) is 16.2. The lowest BCUT2D eigenvalue weighted by Crippen LogP contribution is -2.34. The molecule has 0 aromatic heterocycles. The molecular weight excluding hydrogens is 317 g/mol. The average Bonchev–Trinajstić information content (AvgIpc) is 2.55. The summed E-state index contributed by atoms with van der Waals surface area (Å²) in [5.41, 5.74) is 0.803. The van der Waals surface area contributed by atoms with Crippen LogP contribution in [0.2, 0.25) is 0 Å². The van der Waals surface area contributed by atoms with E-state index in [-0.39, 0.29) is 35.9 Å². The first-order valence-electron chi connectivity index (χ1n) is 7.26. The highest BCUT2D eigenvalue weighted by molar-refractivity contribution is 7.99. The number of halogens is 1. The molecule has 3 rings (SSSR count). The van der Waals surface area contributed by atoms with Crippen molar-refractivity contribution in [2.45, 2.75) is 17.4 Å². The van der Waals surface area contributed by atoms with Gasteiger partial charge in [-0.2, -0.15) is 0 Å². The molecule has 0 saturated carbocycles. The highest BCUT2D eigenvalue weighted by Gasteiger charge is 2.23. The van der Waals surface area contributed by atoms with Gasteiger partial charge in [0.2, 0.25) is 0 Å². The molecule has 0 bridgehead atoms. The Hall–Kier alpha value is -2.21. The quantitative estimate of drug-likeness (QED) is 0.902. The van der Waals surface area contributed by atoms with Crippen LogP contribution >= 0.6 is 11.8 Å². The van der Waals surface area contributed by atoms with E-state index >= 15 is 0 Å². The molecule has 2 aromatic rings. The lowest BCUT2D eigenvalue weighted by Gasteiger charge is -2.26. The lowest BCUT2D eigenvalue weighted by molar-refractivity contribution is -0.123. The summed E-state index contributed by atoms with van der Waals surface area (Å²) in [6, 6.07) is 10.9. The summed E-state index contributed by atoms with van der Waals surface area (Å²) in [6.07, 6.45) is 0.740. The number of phenolic OH excluding ortho intramolecular Hbond substituents is 1. The zero-order valence-corrected chi connectivity index (χ0v) is 13.1. The van der Waals surface area contributed by atoms with E-state index in [1.807, 2.05) is 0 Å². The van der Waals surface area contributed by atoms with Gasteiger partial charge < -0.3 is 15.2 Å². The Morgan fingerprint density at radius 1 is 1.35 bits per heavy atom. The molecule has 1 heterocycles. The largest absolute Gasteiger partial charge is 0.504 e. The van der Waals surface area contributed by atoms with Crippen molar-refractivity contribution >= 4 is 17.7 Å². The van der Waals surface area contributed by atoms with E-state index in [9.17, 15) is 14.3 Å². The fourth-order valence-corrected chi connectivity index (χ4v) is 3.58. The van der Waals surface area contributed by atoms with E-state index in [1.165, 1.54) is 18.2 Å². The Kier molecular flexibility index (Phi) is 4.71. The molecule has 2 aromatic carbocycles. The summed E-state index contributed by atoms with van der Waals surface area (Å²) in [5, 5.41) is 12.5. The monoisotopic (exact) mass is 333 g/mol. The van der Waals surface area contributed by atoms with Crippen molar-refractivity contribution in [1.29, 1.82) is 0 Å². The van der Waals surface area contributed by atoms with Crippen LogP contribution in [0.15, 0.2) is 47.4 Å². The Bertz CT molecular complexity index is 723. The highest BCUT2D eigenvalue weighted by Crippen LogP contribution is 2.36. The Morgan fingerprint density at radius 2 is 2.17 bits per heavy atom. The van der Waals surface area contributed by atoms with Crippen LogP contribution in [0.25, 0.3) is 0 Å². The molecule has 0 aliphatic carbocycles. The zero-order valence-electron chi connectivity index (χ0n) is 12.3. The molecule has 2 N–H and O–H groups in total. The number of hydrogen-bond acceptors (Lipinski definition) is 4.